The van der Waals surface area contributed by atoms with Crippen molar-refractivity contribution in [2.45, 2.75) is 37.8 Å². The number of nitro groups is 1. The van der Waals surface area contributed by atoms with Crippen LogP contribution in [0.25, 0.3) is 0 Å². The van der Waals surface area contributed by atoms with Gasteiger partial charge < -0.3 is 15.2 Å². The zero-order chi connectivity index (χ0) is 17.3. The van der Waals surface area contributed by atoms with Crippen molar-refractivity contribution in [3.05, 3.63) is 39.4 Å². The van der Waals surface area contributed by atoms with E-state index >= 15 is 0 Å². The average molecular weight is 334 g/mol. The number of nitrogens with zero attached hydrogens (tertiary/aromatic N) is 1. The lowest BCUT2D eigenvalue weighted by atomic mass is 9.81. The fraction of sp³-hybridized carbons (Fsp3) is 0.500. The second-order valence-electron chi connectivity index (χ2n) is 6.20. The summed E-state index contributed by atoms with van der Waals surface area (Å²) in [5.41, 5.74) is -0.700. The van der Waals surface area contributed by atoms with E-state index in [-0.39, 0.29) is 29.2 Å². The molecule has 1 saturated heterocycles. The number of ether oxygens (including phenoxy) is 1. The highest BCUT2D eigenvalue weighted by Gasteiger charge is 2.38. The van der Waals surface area contributed by atoms with E-state index in [2.05, 4.69) is 5.32 Å². The summed E-state index contributed by atoms with van der Waals surface area (Å²) >= 11 is 0. The van der Waals surface area contributed by atoms with Crippen molar-refractivity contribution in [1.82, 2.24) is 5.32 Å². The first-order chi connectivity index (χ1) is 11.5. The first kappa shape index (κ1) is 16.4. The number of rotatable bonds is 4. The fourth-order valence-corrected chi connectivity index (χ4v) is 3.58. The summed E-state index contributed by atoms with van der Waals surface area (Å²) in [5, 5.41) is 22.9. The van der Waals surface area contributed by atoms with Crippen LogP contribution < -0.4 is 5.32 Å². The molecule has 1 aliphatic heterocycles. The number of carboxylic acid groups (broad SMARTS) is 1. The van der Waals surface area contributed by atoms with E-state index in [1.54, 1.807) is 0 Å². The number of nitro benzene ring substituents is 1. The van der Waals surface area contributed by atoms with Crippen molar-refractivity contribution >= 4 is 17.6 Å². The van der Waals surface area contributed by atoms with Crippen molar-refractivity contribution in [2.75, 3.05) is 6.61 Å². The summed E-state index contributed by atoms with van der Waals surface area (Å²) < 4.78 is 5.66. The molecule has 128 valence electrons. The molecule has 0 radical (unpaired) electrons. The molecule has 3 unspecified atom stereocenters. The molecule has 0 spiro atoms. The molecule has 2 fully saturated rings. The minimum absolute atomic E-state index is 0.0114. The molecule has 2 aliphatic rings. The number of aromatic carboxylic acids is 1. The predicted octanol–water partition coefficient (Wildman–Crippen LogP) is 1.98. The third-order valence-corrected chi connectivity index (χ3v) is 4.74. The molecule has 2 N–H and O–H groups in total. The molecule has 1 saturated carbocycles. The zero-order valence-electron chi connectivity index (χ0n) is 12.9. The number of benzene rings is 1. The van der Waals surface area contributed by atoms with Crippen molar-refractivity contribution in [3.8, 4) is 0 Å². The van der Waals surface area contributed by atoms with Crippen LogP contribution in [0.5, 0.6) is 0 Å². The summed E-state index contributed by atoms with van der Waals surface area (Å²) in [6.45, 7) is 0.682. The van der Waals surface area contributed by atoms with Crippen LogP contribution in [0.3, 0.4) is 0 Å². The van der Waals surface area contributed by atoms with Gasteiger partial charge in [-0.2, -0.15) is 0 Å². The number of non-ortho nitro benzene ring substituents is 1. The second kappa shape index (κ2) is 6.56. The highest BCUT2D eigenvalue weighted by molar-refractivity contribution is 5.98. The maximum Gasteiger partial charge on any atom is 0.335 e. The first-order valence-electron chi connectivity index (χ1n) is 7.91. The van der Waals surface area contributed by atoms with Crippen molar-refractivity contribution in [1.29, 1.82) is 0 Å². The van der Waals surface area contributed by atoms with Crippen molar-refractivity contribution in [3.63, 3.8) is 0 Å². The Morgan fingerprint density at radius 3 is 2.67 bits per heavy atom. The van der Waals surface area contributed by atoms with Crippen molar-refractivity contribution < 1.29 is 24.4 Å². The largest absolute Gasteiger partial charge is 0.478 e. The standard InChI is InChI=1S/C16H18N2O6/c19-15(17-13-2-1-3-14-12(13)4-5-24-14)9-6-10(16(20)21)8-11(7-9)18(22)23/h6-8,12-14H,1-5H2,(H,17,19)(H,20,21). The van der Waals surface area contributed by atoms with Gasteiger partial charge in [-0.3, -0.25) is 14.9 Å². The molecule has 0 aromatic heterocycles. The minimum Gasteiger partial charge on any atom is -0.478 e. The lowest BCUT2D eigenvalue weighted by molar-refractivity contribution is -0.384. The Morgan fingerprint density at radius 1 is 1.21 bits per heavy atom. The van der Waals surface area contributed by atoms with Gasteiger partial charge in [-0.15, -0.1) is 0 Å². The van der Waals surface area contributed by atoms with E-state index in [0.29, 0.717) is 6.61 Å². The maximum atomic E-state index is 12.5. The monoisotopic (exact) mass is 334 g/mol. The van der Waals surface area contributed by atoms with Crippen molar-refractivity contribution in [2.24, 2.45) is 5.92 Å². The summed E-state index contributed by atoms with van der Waals surface area (Å²) in [4.78, 5) is 33.9. The number of carbonyl (C=O) groups excluding carboxylic acids is 1. The third-order valence-electron chi connectivity index (χ3n) is 4.74. The lowest BCUT2D eigenvalue weighted by Crippen LogP contribution is -2.45. The van der Waals surface area contributed by atoms with E-state index in [9.17, 15) is 19.7 Å². The van der Waals surface area contributed by atoms with Crippen LogP contribution in [-0.4, -0.2) is 40.7 Å². The van der Waals surface area contributed by atoms with Crippen LogP contribution in [0, 0.1) is 16.0 Å². The van der Waals surface area contributed by atoms with Gasteiger partial charge in [0.15, 0.2) is 0 Å². The fourth-order valence-electron chi connectivity index (χ4n) is 3.58. The van der Waals surface area contributed by atoms with Gasteiger partial charge in [0, 0.05) is 36.3 Å². The highest BCUT2D eigenvalue weighted by atomic mass is 16.6. The Labute approximate surface area is 138 Å². The summed E-state index contributed by atoms with van der Waals surface area (Å²) in [7, 11) is 0. The molecular weight excluding hydrogens is 316 g/mol. The topological polar surface area (TPSA) is 119 Å². The number of hydrogen-bond donors (Lipinski definition) is 2. The molecule has 3 rings (SSSR count). The zero-order valence-corrected chi connectivity index (χ0v) is 12.9. The van der Waals surface area contributed by atoms with Crippen LogP contribution in [0.2, 0.25) is 0 Å². The second-order valence-corrected chi connectivity index (χ2v) is 6.20. The lowest BCUT2D eigenvalue weighted by Gasteiger charge is -2.33. The van der Waals surface area contributed by atoms with Gasteiger partial charge >= 0.3 is 5.97 Å². The van der Waals surface area contributed by atoms with Gasteiger partial charge in [-0.1, -0.05) is 0 Å². The van der Waals surface area contributed by atoms with Crippen LogP contribution >= 0.6 is 0 Å². The molecule has 1 aliphatic carbocycles. The molecule has 1 aromatic carbocycles. The molecule has 1 aromatic rings. The Morgan fingerprint density at radius 2 is 1.96 bits per heavy atom. The number of fused-ring (bicyclic) bond motifs is 1. The molecule has 3 atom stereocenters. The molecule has 8 nitrogen and oxygen atoms in total. The Bertz CT molecular complexity index is 657. The summed E-state index contributed by atoms with van der Waals surface area (Å²) in [6.07, 6.45) is 3.80. The van der Waals surface area contributed by atoms with Crippen LogP contribution in [0.15, 0.2) is 18.2 Å². The number of carboxylic acids is 1. The number of hydrogen-bond acceptors (Lipinski definition) is 5. The number of carbonyl (C=O) groups is 2. The Kier molecular flexibility index (Phi) is 4.48. The third kappa shape index (κ3) is 3.23. The Hall–Kier alpha value is -2.48. The van der Waals surface area contributed by atoms with E-state index in [1.165, 1.54) is 0 Å². The quantitative estimate of drug-likeness (QED) is 0.642. The smallest absolute Gasteiger partial charge is 0.335 e. The summed E-state index contributed by atoms with van der Waals surface area (Å²) in [5.74, 6) is -1.55. The molecule has 24 heavy (non-hydrogen) atoms. The Balaban J connectivity index is 1.81. The van der Waals surface area contributed by atoms with Crippen LogP contribution in [0.4, 0.5) is 5.69 Å². The van der Waals surface area contributed by atoms with E-state index < -0.39 is 22.5 Å². The van der Waals surface area contributed by atoms with Gasteiger partial charge in [-0.25, -0.2) is 4.79 Å². The van der Waals surface area contributed by atoms with E-state index in [4.69, 9.17) is 9.84 Å². The van der Waals surface area contributed by atoms with E-state index in [1.807, 2.05) is 0 Å². The normalized spacial score (nSPS) is 25.8. The summed E-state index contributed by atoms with van der Waals surface area (Å²) in [6, 6.07) is 3.16. The predicted molar refractivity (Wildman–Crippen MR) is 83.0 cm³/mol. The molecule has 1 amide bonds. The molecule has 8 heteroatoms. The average Bonchev–Trinajstić information content (AvgIpc) is 3.04. The maximum absolute atomic E-state index is 12.5. The van der Waals surface area contributed by atoms with Gasteiger partial charge in [0.1, 0.15) is 0 Å². The van der Waals surface area contributed by atoms with E-state index in [0.717, 1.165) is 43.9 Å². The molecule has 1 heterocycles. The minimum atomic E-state index is -1.31. The first-order valence-corrected chi connectivity index (χ1v) is 7.91. The number of nitrogens with one attached hydrogen (secondary N) is 1. The van der Waals surface area contributed by atoms with Gasteiger partial charge in [0.05, 0.1) is 16.6 Å². The SMILES string of the molecule is O=C(O)c1cc(C(=O)NC2CCCC3OCCC23)cc([N+](=O)[O-])c1. The van der Waals surface area contributed by atoms with Crippen LogP contribution in [0.1, 0.15) is 46.4 Å². The van der Waals surface area contributed by atoms with Crippen LogP contribution in [-0.2, 0) is 4.74 Å². The van der Waals surface area contributed by atoms with Gasteiger partial charge in [0.2, 0.25) is 0 Å². The van der Waals surface area contributed by atoms with Gasteiger partial charge in [-0.05, 0) is 31.7 Å². The van der Waals surface area contributed by atoms with Gasteiger partial charge in [0.25, 0.3) is 11.6 Å². The molecular formula is C16H18N2O6. The number of amides is 1. The highest BCUT2D eigenvalue weighted by Crippen LogP contribution is 2.34. The molecule has 0 bridgehead atoms.